The van der Waals surface area contributed by atoms with E-state index in [0.717, 1.165) is 29.2 Å². The first-order valence-electron chi connectivity index (χ1n) is 6.98. The number of amides is 1. The number of fused-ring (bicyclic) bond motifs is 1. The Morgan fingerprint density at radius 1 is 1.52 bits per heavy atom. The topological polar surface area (TPSA) is 74.9 Å². The lowest BCUT2D eigenvalue weighted by Gasteiger charge is -2.21. The minimum atomic E-state index is -0.864. The molecule has 1 aliphatic rings. The van der Waals surface area contributed by atoms with Crippen LogP contribution in [0.4, 0.5) is 0 Å². The molecule has 112 valence electrons. The maximum absolute atomic E-state index is 12.5. The van der Waals surface area contributed by atoms with Crippen LogP contribution in [0.5, 0.6) is 0 Å². The molecular weight excluding hydrogens is 290 g/mol. The summed E-state index contributed by atoms with van der Waals surface area (Å²) in [7, 11) is 0. The van der Waals surface area contributed by atoms with Crippen molar-refractivity contribution in [3.63, 3.8) is 0 Å². The first kappa shape index (κ1) is 14.1. The van der Waals surface area contributed by atoms with Gasteiger partial charge in [0.2, 0.25) is 5.91 Å². The molecule has 0 unspecified atom stereocenters. The molecule has 2 aromatic rings. The van der Waals surface area contributed by atoms with Gasteiger partial charge in [0.05, 0.1) is 18.5 Å². The van der Waals surface area contributed by atoms with Crippen molar-refractivity contribution < 1.29 is 14.7 Å². The summed E-state index contributed by atoms with van der Waals surface area (Å²) in [5.74, 6) is -0.860. The van der Waals surface area contributed by atoms with E-state index in [9.17, 15) is 9.59 Å². The van der Waals surface area contributed by atoms with Crippen molar-refractivity contribution in [1.82, 2.24) is 14.3 Å². The number of aromatic nitrogens is 2. The fraction of sp³-hybridized carbons (Fsp3) is 0.500. The average molecular weight is 307 g/mol. The van der Waals surface area contributed by atoms with Crippen molar-refractivity contribution in [2.24, 2.45) is 0 Å². The molecule has 0 radical (unpaired) electrons. The van der Waals surface area contributed by atoms with Gasteiger partial charge in [-0.2, -0.15) is 0 Å². The predicted molar refractivity (Wildman–Crippen MR) is 78.5 cm³/mol. The zero-order valence-electron chi connectivity index (χ0n) is 11.8. The summed E-state index contributed by atoms with van der Waals surface area (Å²) in [6.45, 7) is 2.23. The monoisotopic (exact) mass is 307 g/mol. The Hall–Kier alpha value is -1.89. The Morgan fingerprint density at radius 2 is 2.29 bits per heavy atom. The molecule has 0 bridgehead atoms. The van der Waals surface area contributed by atoms with E-state index in [0.29, 0.717) is 13.0 Å². The van der Waals surface area contributed by atoms with E-state index in [1.165, 1.54) is 11.3 Å². The van der Waals surface area contributed by atoms with Crippen molar-refractivity contribution in [3.8, 4) is 0 Å². The molecule has 6 nitrogen and oxygen atoms in total. The zero-order chi connectivity index (χ0) is 15.0. The van der Waals surface area contributed by atoms with Crippen LogP contribution < -0.4 is 0 Å². The molecule has 1 saturated carbocycles. The van der Waals surface area contributed by atoms with Crippen molar-refractivity contribution in [2.75, 3.05) is 6.54 Å². The lowest BCUT2D eigenvalue weighted by atomic mass is 10.2. The van der Waals surface area contributed by atoms with Gasteiger partial charge in [0.1, 0.15) is 0 Å². The van der Waals surface area contributed by atoms with Gasteiger partial charge in [-0.05, 0) is 19.8 Å². The fourth-order valence-corrected chi connectivity index (χ4v) is 3.36. The van der Waals surface area contributed by atoms with Gasteiger partial charge in [0.25, 0.3) is 0 Å². The highest BCUT2D eigenvalue weighted by atomic mass is 32.1. The Bertz CT molecular complexity index is 687. The van der Waals surface area contributed by atoms with Crippen LogP contribution in [0.1, 0.15) is 30.7 Å². The second-order valence-corrected chi connectivity index (χ2v) is 6.24. The zero-order valence-corrected chi connectivity index (χ0v) is 12.6. The summed E-state index contributed by atoms with van der Waals surface area (Å²) in [6.07, 6.45) is 4.19. The van der Waals surface area contributed by atoms with Crippen LogP contribution in [0.15, 0.2) is 11.6 Å². The van der Waals surface area contributed by atoms with E-state index in [1.54, 1.807) is 4.90 Å². The average Bonchev–Trinajstić information content (AvgIpc) is 3.08. The lowest BCUT2D eigenvalue weighted by molar-refractivity contribution is -0.138. The van der Waals surface area contributed by atoms with Crippen LogP contribution in [-0.2, 0) is 16.0 Å². The highest BCUT2D eigenvalue weighted by molar-refractivity contribution is 7.15. The number of aliphatic carboxylic acids is 1. The van der Waals surface area contributed by atoms with Crippen LogP contribution in [0.2, 0.25) is 0 Å². The third kappa shape index (κ3) is 3.07. The Labute approximate surface area is 126 Å². The summed E-state index contributed by atoms with van der Waals surface area (Å²) in [5, 5.41) is 10.7. The number of thiazole rings is 1. The quantitative estimate of drug-likeness (QED) is 0.881. The number of carboxylic acids is 1. The molecule has 1 amide bonds. The molecule has 0 atom stereocenters. The number of rotatable bonds is 6. The first-order valence-corrected chi connectivity index (χ1v) is 7.86. The SMILES string of the molecule is Cc1cn2c(CC(=O)N(CCC(=O)O)C3CC3)csc2n1. The molecule has 2 heterocycles. The molecule has 1 fully saturated rings. The molecule has 1 N–H and O–H groups in total. The number of hydrogen-bond acceptors (Lipinski definition) is 4. The predicted octanol–water partition coefficient (Wildman–Crippen LogP) is 1.71. The van der Waals surface area contributed by atoms with Crippen LogP contribution >= 0.6 is 11.3 Å². The molecule has 3 rings (SSSR count). The standard InChI is InChI=1S/C14H17N3O3S/c1-9-7-17-11(8-21-14(17)15-9)6-12(18)16(10-2-3-10)5-4-13(19)20/h7-8,10H,2-6H2,1H3,(H,19,20). The Kier molecular flexibility index (Phi) is 3.67. The van der Waals surface area contributed by atoms with E-state index in [4.69, 9.17) is 5.11 Å². The fourth-order valence-electron chi connectivity index (χ4n) is 2.44. The number of carboxylic acid groups (broad SMARTS) is 1. The third-order valence-corrected chi connectivity index (χ3v) is 4.50. The van der Waals surface area contributed by atoms with Crippen molar-refractivity contribution in [1.29, 1.82) is 0 Å². The number of carbonyl (C=O) groups is 2. The third-order valence-electron chi connectivity index (χ3n) is 3.61. The van der Waals surface area contributed by atoms with Crippen LogP contribution in [0, 0.1) is 6.92 Å². The minimum Gasteiger partial charge on any atom is -0.481 e. The maximum Gasteiger partial charge on any atom is 0.305 e. The van der Waals surface area contributed by atoms with Gasteiger partial charge in [0.15, 0.2) is 4.96 Å². The van der Waals surface area contributed by atoms with Crippen LogP contribution in [0.3, 0.4) is 0 Å². The van der Waals surface area contributed by atoms with Crippen molar-refractivity contribution >= 4 is 28.2 Å². The van der Waals surface area contributed by atoms with Gasteiger partial charge < -0.3 is 10.0 Å². The van der Waals surface area contributed by atoms with Gasteiger partial charge in [-0.3, -0.25) is 14.0 Å². The summed E-state index contributed by atoms with van der Waals surface area (Å²) < 4.78 is 1.94. The molecule has 7 heteroatoms. The van der Waals surface area contributed by atoms with E-state index in [-0.39, 0.29) is 18.4 Å². The summed E-state index contributed by atoms with van der Waals surface area (Å²) >= 11 is 1.52. The maximum atomic E-state index is 12.5. The smallest absolute Gasteiger partial charge is 0.305 e. The second-order valence-electron chi connectivity index (χ2n) is 5.40. The number of imidazole rings is 1. The summed E-state index contributed by atoms with van der Waals surface area (Å²) in [4.78, 5) is 30.2. The van der Waals surface area contributed by atoms with Gasteiger partial charge in [-0.15, -0.1) is 11.3 Å². The number of hydrogen-bond donors (Lipinski definition) is 1. The molecule has 21 heavy (non-hydrogen) atoms. The molecule has 0 saturated heterocycles. The highest BCUT2D eigenvalue weighted by Gasteiger charge is 2.32. The summed E-state index contributed by atoms with van der Waals surface area (Å²) in [5.41, 5.74) is 1.85. The molecule has 0 aromatic carbocycles. The van der Waals surface area contributed by atoms with Gasteiger partial charge >= 0.3 is 5.97 Å². The largest absolute Gasteiger partial charge is 0.481 e. The van der Waals surface area contributed by atoms with Crippen LogP contribution in [0.25, 0.3) is 4.96 Å². The normalized spacial score (nSPS) is 14.5. The van der Waals surface area contributed by atoms with E-state index >= 15 is 0 Å². The number of nitrogens with zero attached hydrogens (tertiary/aromatic N) is 3. The van der Waals surface area contributed by atoms with Crippen LogP contribution in [-0.4, -0.2) is 43.9 Å². The highest BCUT2D eigenvalue weighted by Crippen LogP contribution is 2.28. The second kappa shape index (κ2) is 5.48. The molecule has 0 aliphatic heterocycles. The molecule has 0 spiro atoms. The van der Waals surface area contributed by atoms with E-state index in [2.05, 4.69) is 4.98 Å². The number of carbonyl (C=O) groups excluding carboxylic acids is 1. The van der Waals surface area contributed by atoms with Gasteiger partial charge in [0, 0.05) is 29.9 Å². The first-order chi connectivity index (χ1) is 10.0. The molecule has 1 aliphatic carbocycles. The van der Waals surface area contributed by atoms with Gasteiger partial charge in [-0.25, -0.2) is 4.98 Å². The van der Waals surface area contributed by atoms with E-state index in [1.807, 2.05) is 22.9 Å². The molecular formula is C14H17N3O3S. The Balaban J connectivity index is 1.72. The Morgan fingerprint density at radius 3 is 2.95 bits per heavy atom. The van der Waals surface area contributed by atoms with Gasteiger partial charge in [-0.1, -0.05) is 0 Å². The van der Waals surface area contributed by atoms with E-state index < -0.39 is 5.97 Å². The minimum absolute atomic E-state index is 0.00445. The molecule has 2 aromatic heterocycles. The number of aryl methyl sites for hydroxylation is 1. The summed E-state index contributed by atoms with van der Waals surface area (Å²) in [6, 6.07) is 0.232. The van der Waals surface area contributed by atoms with Crippen molar-refractivity contribution in [2.45, 2.75) is 38.6 Å². The van der Waals surface area contributed by atoms with Crippen molar-refractivity contribution in [3.05, 3.63) is 23.0 Å². The lowest BCUT2D eigenvalue weighted by Crippen LogP contribution is -2.36.